The fraction of sp³-hybridized carbons (Fsp3) is 0.889. The molecule has 0 saturated heterocycles. The third kappa shape index (κ3) is 2.97. The number of carbonyl (C=O) groups is 1. The molecule has 1 atom stereocenters. The minimum Gasteiger partial charge on any atom is -0.480 e. The Morgan fingerprint density at radius 3 is 2.62 bits per heavy atom. The van der Waals surface area contributed by atoms with E-state index in [-0.39, 0.29) is 6.54 Å². The van der Waals surface area contributed by atoms with Crippen molar-refractivity contribution in [2.75, 3.05) is 19.6 Å². The van der Waals surface area contributed by atoms with E-state index in [1.54, 1.807) is 0 Å². The highest BCUT2D eigenvalue weighted by Gasteiger charge is 2.29. The molecular formula is C9H18N2O2. The molecule has 76 valence electrons. The zero-order valence-corrected chi connectivity index (χ0v) is 8.07. The standard InChI is InChI=1S/C9H18N2O2/c1-2-11(6-7-3-4-7)8(5-10)9(12)13/h7-8H,2-6,10H2,1H3,(H,12,13). The van der Waals surface area contributed by atoms with Crippen LogP contribution in [0.3, 0.4) is 0 Å². The third-order valence-electron chi connectivity index (χ3n) is 2.54. The Morgan fingerprint density at radius 2 is 2.31 bits per heavy atom. The van der Waals surface area contributed by atoms with Gasteiger partial charge in [0.1, 0.15) is 6.04 Å². The maximum atomic E-state index is 10.8. The number of carboxylic acid groups (broad SMARTS) is 1. The second-order valence-corrected chi connectivity index (χ2v) is 3.62. The van der Waals surface area contributed by atoms with Gasteiger partial charge in [-0.3, -0.25) is 9.69 Å². The van der Waals surface area contributed by atoms with Crippen LogP contribution in [0.1, 0.15) is 19.8 Å². The molecule has 0 aromatic heterocycles. The predicted octanol–water partition coefficient (Wildman–Crippen LogP) is 0.130. The lowest BCUT2D eigenvalue weighted by molar-refractivity contribution is -0.142. The van der Waals surface area contributed by atoms with Crippen molar-refractivity contribution < 1.29 is 9.90 Å². The minimum atomic E-state index is -0.801. The van der Waals surface area contributed by atoms with Crippen molar-refractivity contribution in [3.8, 4) is 0 Å². The summed E-state index contributed by atoms with van der Waals surface area (Å²) in [5.41, 5.74) is 5.42. The molecule has 4 nitrogen and oxygen atoms in total. The van der Waals surface area contributed by atoms with Crippen LogP contribution in [0.4, 0.5) is 0 Å². The molecule has 0 aromatic carbocycles. The lowest BCUT2D eigenvalue weighted by atomic mass is 10.2. The summed E-state index contributed by atoms with van der Waals surface area (Å²) in [5.74, 6) is -0.0849. The van der Waals surface area contributed by atoms with E-state index in [2.05, 4.69) is 0 Å². The number of aliphatic carboxylic acids is 1. The van der Waals surface area contributed by atoms with Crippen molar-refractivity contribution in [1.82, 2.24) is 4.90 Å². The van der Waals surface area contributed by atoms with Crippen LogP contribution in [-0.4, -0.2) is 41.7 Å². The largest absolute Gasteiger partial charge is 0.480 e. The van der Waals surface area contributed by atoms with Crippen LogP contribution in [0.5, 0.6) is 0 Å². The Morgan fingerprint density at radius 1 is 1.69 bits per heavy atom. The summed E-state index contributed by atoms with van der Waals surface area (Å²) in [4.78, 5) is 12.8. The van der Waals surface area contributed by atoms with Crippen molar-refractivity contribution >= 4 is 5.97 Å². The molecule has 1 saturated carbocycles. The Kier molecular flexibility index (Phi) is 3.69. The maximum Gasteiger partial charge on any atom is 0.322 e. The molecular weight excluding hydrogens is 168 g/mol. The molecule has 0 bridgehead atoms. The molecule has 1 aliphatic rings. The van der Waals surface area contributed by atoms with Gasteiger partial charge < -0.3 is 10.8 Å². The van der Waals surface area contributed by atoms with Gasteiger partial charge >= 0.3 is 5.97 Å². The number of rotatable bonds is 6. The quantitative estimate of drug-likeness (QED) is 0.619. The zero-order valence-electron chi connectivity index (χ0n) is 8.07. The molecule has 1 fully saturated rings. The Hall–Kier alpha value is -0.610. The highest BCUT2D eigenvalue weighted by atomic mass is 16.4. The first-order valence-electron chi connectivity index (χ1n) is 4.86. The summed E-state index contributed by atoms with van der Waals surface area (Å²) < 4.78 is 0. The molecule has 4 heteroatoms. The van der Waals surface area contributed by atoms with Crippen LogP contribution in [0.25, 0.3) is 0 Å². The fourth-order valence-electron chi connectivity index (χ4n) is 1.51. The van der Waals surface area contributed by atoms with Gasteiger partial charge in [0.15, 0.2) is 0 Å². The SMILES string of the molecule is CCN(CC1CC1)C(CN)C(=O)O. The molecule has 0 amide bonds. The van der Waals surface area contributed by atoms with Gasteiger partial charge in [0.2, 0.25) is 0 Å². The fourth-order valence-corrected chi connectivity index (χ4v) is 1.51. The first kappa shape index (κ1) is 10.5. The summed E-state index contributed by atoms with van der Waals surface area (Å²) in [6.07, 6.45) is 2.49. The first-order chi connectivity index (χ1) is 6.19. The van der Waals surface area contributed by atoms with Crippen LogP contribution in [0, 0.1) is 5.92 Å². The average Bonchev–Trinajstić information content (AvgIpc) is 2.87. The average molecular weight is 186 g/mol. The van der Waals surface area contributed by atoms with Crippen LogP contribution < -0.4 is 5.73 Å². The number of nitrogens with two attached hydrogens (primary N) is 1. The molecule has 0 aromatic rings. The van der Waals surface area contributed by atoms with Gasteiger partial charge in [-0.05, 0) is 25.3 Å². The Bertz CT molecular complexity index is 180. The number of hydrogen-bond donors (Lipinski definition) is 2. The molecule has 3 N–H and O–H groups in total. The van der Waals surface area contributed by atoms with E-state index in [4.69, 9.17) is 10.8 Å². The monoisotopic (exact) mass is 186 g/mol. The van der Waals surface area contributed by atoms with Gasteiger partial charge in [0, 0.05) is 13.1 Å². The van der Waals surface area contributed by atoms with Gasteiger partial charge in [-0.2, -0.15) is 0 Å². The number of carboxylic acids is 1. The molecule has 1 aliphatic carbocycles. The van der Waals surface area contributed by atoms with E-state index in [0.717, 1.165) is 13.1 Å². The van der Waals surface area contributed by atoms with Crippen LogP contribution >= 0.6 is 0 Å². The second-order valence-electron chi connectivity index (χ2n) is 3.62. The summed E-state index contributed by atoms with van der Waals surface area (Å²) in [5, 5.41) is 8.89. The number of nitrogens with zero attached hydrogens (tertiary/aromatic N) is 1. The molecule has 1 unspecified atom stereocenters. The molecule has 1 rings (SSSR count). The third-order valence-corrected chi connectivity index (χ3v) is 2.54. The van der Waals surface area contributed by atoms with Crippen molar-refractivity contribution in [3.63, 3.8) is 0 Å². The van der Waals surface area contributed by atoms with E-state index in [9.17, 15) is 4.79 Å². The highest BCUT2D eigenvalue weighted by Crippen LogP contribution is 2.30. The topological polar surface area (TPSA) is 66.6 Å². The van der Waals surface area contributed by atoms with E-state index >= 15 is 0 Å². The second kappa shape index (κ2) is 4.58. The van der Waals surface area contributed by atoms with Crippen molar-refractivity contribution in [2.45, 2.75) is 25.8 Å². The van der Waals surface area contributed by atoms with Crippen molar-refractivity contribution in [1.29, 1.82) is 0 Å². The van der Waals surface area contributed by atoms with E-state index in [0.29, 0.717) is 5.92 Å². The lowest BCUT2D eigenvalue weighted by Gasteiger charge is -2.26. The Balaban J connectivity index is 2.44. The van der Waals surface area contributed by atoms with E-state index in [1.165, 1.54) is 12.8 Å². The van der Waals surface area contributed by atoms with Gasteiger partial charge in [0.25, 0.3) is 0 Å². The van der Waals surface area contributed by atoms with Gasteiger partial charge in [-0.25, -0.2) is 0 Å². The molecule has 0 heterocycles. The molecule has 0 spiro atoms. The summed E-state index contributed by atoms with van der Waals surface area (Å²) >= 11 is 0. The molecule has 13 heavy (non-hydrogen) atoms. The molecule has 0 aliphatic heterocycles. The summed E-state index contributed by atoms with van der Waals surface area (Å²) in [6, 6.07) is -0.495. The van der Waals surface area contributed by atoms with Gasteiger partial charge in [-0.15, -0.1) is 0 Å². The molecule has 0 radical (unpaired) electrons. The smallest absolute Gasteiger partial charge is 0.322 e. The minimum absolute atomic E-state index is 0.204. The highest BCUT2D eigenvalue weighted by molar-refractivity contribution is 5.73. The van der Waals surface area contributed by atoms with Crippen molar-refractivity contribution in [3.05, 3.63) is 0 Å². The van der Waals surface area contributed by atoms with Crippen LogP contribution in [-0.2, 0) is 4.79 Å². The number of likely N-dealkylation sites (N-methyl/N-ethyl adjacent to an activating group) is 1. The van der Waals surface area contributed by atoms with Crippen molar-refractivity contribution in [2.24, 2.45) is 11.7 Å². The first-order valence-corrected chi connectivity index (χ1v) is 4.86. The summed E-state index contributed by atoms with van der Waals surface area (Å²) in [6.45, 7) is 3.85. The maximum absolute atomic E-state index is 10.8. The van der Waals surface area contributed by atoms with Gasteiger partial charge in [0.05, 0.1) is 0 Å². The predicted molar refractivity (Wildman–Crippen MR) is 50.4 cm³/mol. The van der Waals surface area contributed by atoms with E-state index < -0.39 is 12.0 Å². The van der Waals surface area contributed by atoms with Crippen LogP contribution in [0.2, 0.25) is 0 Å². The van der Waals surface area contributed by atoms with Gasteiger partial charge in [-0.1, -0.05) is 6.92 Å². The normalized spacial score (nSPS) is 19.0. The van der Waals surface area contributed by atoms with E-state index in [1.807, 2.05) is 11.8 Å². The summed E-state index contributed by atoms with van der Waals surface area (Å²) in [7, 11) is 0. The lowest BCUT2D eigenvalue weighted by Crippen LogP contribution is -2.46. The number of hydrogen-bond acceptors (Lipinski definition) is 3. The zero-order chi connectivity index (χ0) is 9.84. The van der Waals surface area contributed by atoms with Crippen LogP contribution in [0.15, 0.2) is 0 Å². The Labute approximate surface area is 78.7 Å².